The maximum Gasteiger partial charge on any atom is 0.344 e. The number of aromatic nitrogens is 3. The quantitative estimate of drug-likeness (QED) is 0.584. The van der Waals surface area contributed by atoms with Gasteiger partial charge in [0.15, 0.2) is 6.10 Å². The van der Waals surface area contributed by atoms with Gasteiger partial charge in [-0.05, 0) is 50.2 Å². The van der Waals surface area contributed by atoms with Gasteiger partial charge in [-0.15, -0.1) is 10.2 Å². The van der Waals surface area contributed by atoms with Gasteiger partial charge >= 0.3 is 5.97 Å². The van der Waals surface area contributed by atoms with E-state index in [-0.39, 0.29) is 17.3 Å². The van der Waals surface area contributed by atoms with Gasteiger partial charge in [0.1, 0.15) is 11.3 Å². The largest absolute Gasteiger partial charge is 0.497 e. The standard InChI is InChI=1S/C19H19N3O5/c1-4-25-18-15(6-5-11-20-18)19(23)26-12(2)16-21-22-17(27-16)13-7-9-14(24-3)10-8-13/h5-12H,4H2,1-3H3. The second kappa shape index (κ2) is 8.31. The molecule has 2 heterocycles. The molecule has 0 aliphatic carbocycles. The number of pyridine rings is 1. The van der Waals surface area contributed by atoms with Crippen molar-refractivity contribution in [3.63, 3.8) is 0 Å². The number of hydrogen-bond acceptors (Lipinski definition) is 8. The average molecular weight is 369 g/mol. The van der Waals surface area contributed by atoms with E-state index in [0.29, 0.717) is 12.5 Å². The van der Waals surface area contributed by atoms with Gasteiger partial charge in [-0.1, -0.05) is 0 Å². The third kappa shape index (κ3) is 4.22. The maximum absolute atomic E-state index is 12.4. The maximum atomic E-state index is 12.4. The molecule has 1 atom stereocenters. The number of benzene rings is 1. The number of rotatable bonds is 7. The molecule has 0 spiro atoms. The monoisotopic (exact) mass is 369 g/mol. The lowest BCUT2D eigenvalue weighted by Gasteiger charge is -2.11. The van der Waals surface area contributed by atoms with Crippen molar-refractivity contribution in [1.29, 1.82) is 0 Å². The smallest absolute Gasteiger partial charge is 0.344 e. The van der Waals surface area contributed by atoms with Crippen molar-refractivity contribution in [2.75, 3.05) is 13.7 Å². The van der Waals surface area contributed by atoms with Crippen molar-refractivity contribution in [2.45, 2.75) is 20.0 Å². The summed E-state index contributed by atoms with van der Waals surface area (Å²) in [5.74, 6) is 0.884. The van der Waals surface area contributed by atoms with Crippen LogP contribution in [0.3, 0.4) is 0 Å². The van der Waals surface area contributed by atoms with Crippen LogP contribution < -0.4 is 9.47 Å². The summed E-state index contributed by atoms with van der Waals surface area (Å²) in [6.07, 6.45) is 0.816. The molecule has 3 rings (SSSR count). The summed E-state index contributed by atoms with van der Waals surface area (Å²) in [4.78, 5) is 16.5. The second-order valence-electron chi connectivity index (χ2n) is 5.51. The molecule has 3 aromatic rings. The highest BCUT2D eigenvalue weighted by molar-refractivity contribution is 5.91. The van der Waals surface area contributed by atoms with Crippen molar-refractivity contribution >= 4 is 5.97 Å². The summed E-state index contributed by atoms with van der Waals surface area (Å²) in [5.41, 5.74) is 0.972. The molecule has 27 heavy (non-hydrogen) atoms. The first-order chi connectivity index (χ1) is 13.1. The molecule has 0 saturated heterocycles. The molecule has 1 unspecified atom stereocenters. The topological polar surface area (TPSA) is 96.6 Å². The summed E-state index contributed by atoms with van der Waals surface area (Å²) < 4.78 is 21.5. The molecule has 140 valence electrons. The molecule has 0 radical (unpaired) electrons. The molecule has 2 aromatic heterocycles. The van der Waals surface area contributed by atoms with Crippen LogP contribution in [0.4, 0.5) is 0 Å². The molecule has 0 fully saturated rings. The average Bonchev–Trinajstić information content (AvgIpc) is 3.19. The van der Waals surface area contributed by atoms with Gasteiger partial charge in [-0.25, -0.2) is 9.78 Å². The number of hydrogen-bond donors (Lipinski definition) is 0. The Morgan fingerprint density at radius 2 is 1.96 bits per heavy atom. The Bertz CT molecular complexity index is 908. The van der Waals surface area contributed by atoms with Crippen LogP contribution in [0.25, 0.3) is 11.5 Å². The van der Waals surface area contributed by atoms with E-state index in [1.165, 1.54) is 0 Å². The minimum absolute atomic E-state index is 0.191. The summed E-state index contributed by atoms with van der Waals surface area (Å²) in [7, 11) is 1.59. The number of methoxy groups -OCH3 is 1. The third-order valence-electron chi connectivity index (χ3n) is 3.68. The molecular formula is C19H19N3O5. The van der Waals surface area contributed by atoms with Crippen molar-refractivity contribution in [3.8, 4) is 23.1 Å². The first-order valence-electron chi connectivity index (χ1n) is 8.39. The van der Waals surface area contributed by atoms with Gasteiger partial charge < -0.3 is 18.6 Å². The number of carbonyl (C=O) groups is 1. The predicted octanol–water partition coefficient (Wildman–Crippen LogP) is 3.46. The Labute approximate surface area is 156 Å². The van der Waals surface area contributed by atoms with Gasteiger partial charge in [0.2, 0.25) is 11.8 Å². The minimum Gasteiger partial charge on any atom is -0.497 e. The Hall–Kier alpha value is -3.42. The van der Waals surface area contributed by atoms with E-state index in [0.717, 1.165) is 11.3 Å². The van der Waals surface area contributed by atoms with Gasteiger partial charge in [-0.3, -0.25) is 0 Å². The van der Waals surface area contributed by atoms with Crippen molar-refractivity contribution in [2.24, 2.45) is 0 Å². The molecule has 0 amide bonds. The van der Waals surface area contributed by atoms with E-state index in [1.807, 2.05) is 6.92 Å². The summed E-state index contributed by atoms with van der Waals surface area (Å²) in [6.45, 7) is 3.85. The van der Waals surface area contributed by atoms with Crippen molar-refractivity contribution < 1.29 is 23.4 Å². The summed E-state index contributed by atoms with van der Waals surface area (Å²) in [6, 6.07) is 10.4. The van der Waals surface area contributed by atoms with E-state index >= 15 is 0 Å². The zero-order valence-corrected chi connectivity index (χ0v) is 15.2. The van der Waals surface area contributed by atoms with Crippen LogP contribution in [0.2, 0.25) is 0 Å². The molecule has 0 saturated carbocycles. The van der Waals surface area contributed by atoms with Gasteiger partial charge in [0.25, 0.3) is 5.89 Å². The highest BCUT2D eigenvalue weighted by Crippen LogP contribution is 2.25. The van der Waals surface area contributed by atoms with Crippen LogP contribution >= 0.6 is 0 Å². The Morgan fingerprint density at radius 3 is 2.67 bits per heavy atom. The van der Waals surface area contributed by atoms with Crippen LogP contribution in [0, 0.1) is 0 Å². The first-order valence-corrected chi connectivity index (χ1v) is 8.39. The number of carbonyl (C=O) groups excluding carboxylic acids is 1. The van der Waals surface area contributed by atoms with E-state index in [4.69, 9.17) is 18.6 Å². The van der Waals surface area contributed by atoms with Gasteiger partial charge in [0, 0.05) is 11.8 Å². The minimum atomic E-state index is -0.730. The summed E-state index contributed by atoms with van der Waals surface area (Å²) in [5, 5.41) is 7.97. The van der Waals surface area contributed by atoms with Crippen LogP contribution in [0.5, 0.6) is 11.6 Å². The van der Waals surface area contributed by atoms with E-state index < -0.39 is 12.1 Å². The van der Waals surface area contributed by atoms with Crippen LogP contribution in [-0.2, 0) is 4.74 Å². The predicted molar refractivity (Wildman–Crippen MR) is 95.5 cm³/mol. The molecule has 1 aromatic carbocycles. The fourth-order valence-electron chi connectivity index (χ4n) is 2.32. The lowest BCUT2D eigenvalue weighted by atomic mass is 10.2. The zero-order chi connectivity index (χ0) is 19.2. The van der Waals surface area contributed by atoms with Crippen molar-refractivity contribution in [1.82, 2.24) is 15.2 Å². The number of esters is 1. The van der Waals surface area contributed by atoms with Crippen LogP contribution in [0.1, 0.15) is 36.2 Å². The molecule has 8 nitrogen and oxygen atoms in total. The van der Waals surface area contributed by atoms with E-state index in [1.54, 1.807) is 56.6 Å². The number of ether oxygens (including phenoxy) is 3. The zero-order valence-electron chi connectivity index (χ0n) is 15.2. The molecule has 0 aliphatic heterocycles. The van der Waals surface area contributed by atoms with Crippen LogP contribution in [-0.4, -0.2) is 34.9 Å². The van der Waals surface area contributed by atoms with E-state index in [2.05, 4.69) is 15.2 Å². The highest BCUT2D eigenvalue weighted by Gasteiger charge is 2.22. The Balaban J connectivity index is 1.72. The number of nitrogens with zero attached hydrogens (tertiary/aromatic N) is 3. The molecule has 8 heteroatoms. The SMILES string of the molecule is CCOc1ncccc1C(=O)OC(C)c1nnc(-c2ccc(OC)cc2)o1. The summed E-state index contributed by atoms with van der Waals surface area (Å²) >= 11 is 0. The Morgan fingerprint density at radius 1 is 1.19 bits per heavy atom. The lowest BCUT2D eigenvalue weighted by Crippen LogP contribution is -2.12. The first kappa shape index (κ1) is 18.4. The lowest BCUT2D eigenvalue weighted by molar-refractivity contribution is 0.0275. The molecular weight excluding hydrogens is 350 g/mol. The van der Waals surface area contributed by atoms with Gasteiger partial charge in [0.05, 0.1) is 13.7 Å². The highest BCUT2D eigenvalue weighted by atomic mass is 16.6. The molecule has 0 aliphatic rings. The van der Waals surface area contributed by atoms with E-state index in [9.17, 15) is 4.79 Å². The molecule has 0 bridgehead atoms. The van der Waals surface area contributed by atoms with Crippen molar-refractivity contribution in [3.05, 3.63) is 54.0 Å². The second-order valence-corrected chi connectivity index (χ2v) is 5.51. The van der Waals surface area contributed by atoms with Crippen LogP contribution in [0.15, 0.2) is 47.0 Å². The molecule has 0 N–H and O–H groups in total. The van der Waals surface area contributed by atoms with Gasteiger partial charge in [-0.2, -0.15) is 0 Å². The third-order valence-corrected chi connectivity index (χ3v) is 3.68. The Kier molecular flexibility index (Phi) is 5.65. The fourth-order valence-corrected chi connectivity index (χ4v) is 2.32. The normalized spacial score (nSPS) is 11.7. The fraction of sp³-hybridized carbons (Fsp3) is 0.263.